The topological polar surface area (TPSA) is 86.8 Å². The fraction of sp³-hybridized carbons (Fsp3) is 0.286. The summed E-state index contributed by atoms with van der Waals surface area (Å²) in [6.45, 7) is 3.61. The molecule has 1 atom stereocenters. The first-order valence-corrected chi connectivity index (χ1v) is 15.1. The Labute approximate surface area is 257 Å². The Hall–Kier alpha value is -2.99. The molecular formula is C28H27Cl3F3N3O4S. The zero-order valence-electron chi connectivity index (χ0n) is 22.6. The lowest BCUT2D eigenvalue weighted by atomic mass is 10.1. The van der Waals surface area contributed by atoms with E-state index in [1.165, 1.54) is 43.3 Å². The van der Waals surface area contributed by atoms with Crippen molar-refractivity contribution < 1.29 is 31.2 Å². The van der Waals surface area contributed by atoms with Gasteiger partial charge in [-0.25, -0.2) is 8.42 Å². The molecular weight excluding hydrogens is 638 g/mol. The number of alkyl halides is 3. The van der Waals surface area contributed by atoms with Crippen LogP contribution in [0.4, 0.5) is 18.9 Å². The number of rotatable bonds is 10. The lowest BCUT2D eigenvalue weighted by molar-refractivity contribution is -0.139. The van der Waals surface area contributed by atoms with Crippen LogP contribution in [0, 0.1) is 0 Å². The summed E-state index contributed by atoms with van der Waals surface area (Å²) in [7, 11) is -4.59. The Morgan fingerprint density at radius 1 is 0.881 bits per heavy atom. The Bertz CT molecular complexity index is 1530. The lowest BCUT2D eigenvalue weighted by Gasteiger charge is -2.33. The van der Waals surface area contributed by atoms with Crippen LogP contribution in [0.1, 0.15) is 31.9 Å². The van der Waals surface area contributed by atoms with Gasteiger partial charge in [0.05, 0.1) is 21.2 Å². The van der Waals surface area contributed by atoms with Crippen LogP contribution in [0.2, 0.25) is 15.1 Å². The van der Waals surface area contributed by atoms with Gasteiger partial charge in [-0.05, 0) is 63.2 Å². The number of carbonyl (C=O) groups excluding carboxylic acids is 2. The predicted octanol–water partition coefficient (Wildman–Crippen LogP) is 6.80. The predicted molar refractivity (Wildman–Crippen MR) is 157 cm³/mol. The molecule has 226 valence electrons. The summed E-state index contributed by atoms with van der Waals surface area (Å²) in [5.41, 5.74) is -1.45. The molecule has 0 saturated carbocycles. The fourth-order valence-electron chi connectivity index (χ4n) is 3.98. The highest BCUT2D eigenvalue weighted by Gasteiger charge is 2.37. The number of hydrogen-bond acceptors (Lipinski definition) is 4. The Kier molecular flexibility index (Phi) is 10.8. The summed E-state index contributed by atoms with van der Waals surface area (Å²) in [5.74, 6) is -1.45. The maximum atomic E-state index is 13.9. The second-order valence-corrected chi connectivity index (χ2v) is 12.6. The molecule has 2 amide bonds. The minimum Gasteiger partial charge on any atom is -0.352 e. The van der Waals surface area contributed by atoms with E-state index < -0.39 is 56.9 Å². The van der Waals surface area contributed by atoms with Crippen molar-refractivity contribution in [3.63, 3.8) is 0 Å². The molecule has 3 aromatic rings. The fourth-order valence-corrected chi connectivity index (χ4v) is 6.14. The molecule has 0 radical (unpaired) electrons. The third-order valence-electron chi connectivity index (χ3n) is 6.14. The van der Waals surface area contributed by atoms with Crippen molar-refractivity contribution in [3.05, 3.63) is 92.9 Å². The molecule has 3 rings (SSSR count). The quantitative estimate of drug-likeness (QED) is 0.258. The van der Waals surface area contributed by atoms with E-state index in [0.29, 0.717) is 15.9 Å². The van der Waals surface area contributed by atoms with Gasteiger partial charge in [-0.15, -0.1) is 0 Å². The van der Waals surface area contributed by atoms with Gasteiger partial charge >= 0.3 is 6.18 Å². The van der Waals surface area contributed by atoms with Crippen molar-refractivity contribution in [2.24, 2.45) is 0 Å². The second kappa shape index (κ2) is 13.5. The van der Waals surface area contributed by atoms with Crippen LogP contribution in [-0.2, 0) is 32.3 Å². The smallest absolute Gasteiger partial charge is 0.352 e. The number of anilines is 1. The summed E-state index contributed by atoms with van der Waals surface area (Å²) in [6, 6.07) is 12.6. The van der Waals surface area contributed by atoms with Crippen molar-refractivity contribution >= 4 is 62.3 Å². The molecule has 0 bridgehead atoms. The van der Waals surface area contributed by atoms with Crippen LogP contribution >= 0.6 is 34.8 Å². The van der Waals surface area contributed by atoms with Crippen LogP contribution in [0.25, 0.3) is 0 Å². The highest BCUT2D eigenvalue weighted by molar-refractivity contribution is 7.92. The van der Waals surface area contributed by atoms with Gasteiger partial charge in [0.1, 0.15) is 12.6 Å². The van der Waals surface area contributed by atoms with Gasteiger partial charge in [0.2, 0.25) is 11.8 Å². The molecule has 0 unspecified atom stereocenters. The molecule has 0 aliphatic rings. The zero-order chi connectivity index (χ0) is 31.4. The molecule has 3 aromatic carbocycles. The standard InChI is InChI=1S/C28H27Cl3F3N3O4S/c1-17(2)35-27(39)18(3)36(15-21-23(29)10-7-11-24(21)30)26(38)16-37(42(40,41)20-8-5-4-6-9-20)19-12-13-25(31)22(14-19)28(32,33)34/h4-14,17-18H,15-16H2,1-3H3,(H,35,39)/t18-/m0/s1. The van der Waals surface area contributed by atoms with E-state index in [9.17, 15) is 31.2 Å². The first-order chi connectivity index (χ1) is 19.5. The summed E-state index contributed by atoms with van der Waals surface area (Å²) < 4.78 is 69.3. The summed E-state index contributed by atoms with van der Waals surface area (Å²) in [5, 5.41) is 2.43. The van der Waals surface area contributed by atoms with Gasteiger partial charge in [0, 0.05) is 28.2 Å². The third-order valence-corrected chi connectivity index (χ3v) is 8.97. The van der Waals surface area contributed by atoms with E-state index in [1.807, 2.05) is 0 Å². The van der Waals surface area contributed by atoms with Gasteiger partial charge in [0.25, 0.3) is 10.0 Å². The first kappa shape index (κ1) is 33.5. The number of amides is 2. The second-order valence-electron chi connectivity index (χ2n) is 9.55. The molecule has 0 aromatic heterocycles. The van der Waals surface area contributed by atoms with E-state index in [-0.39, 0.29) is 27.5 Å². The number of nitrogens with zero attached hydrogens (tertiary/aromatic N) is 2. The summed E-state index contributed by atoms with van der Waals surface area (Å²) in [4.78, 5) is 27.7. The van der Waals surface area contributed by atoms with Crippen molar-refractivity contribution in [3.8, 4) is 0 Å². The van der Waals surface area contributed by atoms with Crippen LogP contribution in [0.15, 0.2) is 71.6 Å². The number of sulfonamides is 1. The highest BCUT2D eigenvalue weighted by atomic mass is 35.5. The molecule has 42 heavy (non-hydrogen) atoms. The Morgan fingerprint density at radius 2 is 1.48 bits per heavy atom. The lowest BCUT2D eigenvalue weighted by Crippen LogP contribution is -2.52. The van der Waals surface area contributed by atoms with Gasteiger partial charge < -0.3 is 10.2 Å². The number of hydrogen-bond donors (Lipinski definition) is 1. The number of nitrogens with one attached hydrogen (secondary N) is 1. The molecule has 7 nitrogen and oxygen atoms in total. The minimum atomic E-state index is -4.91. The average molecular weight is 665 g/mol. The van der Waals surface area contributed by atoms with Crippen LogP contribution < -0.4 is 9.62 Å². The Morgan fingerprint density at radius 3 is 2.02 bits per heavy atom. The van der Waals surface area contributed by atoms with Crippen LogP contribution in [-0.4, -0.2) is 43.8 Å². The SMILES string of the molecule is CC(C)NC(=O)[C@H](C)N(Cc1c(Cl)cccc1Cl)C(=O)CN(c1ccc(Cl)c(C(F)(F)F)c1)S(=O)(=O)c1ccccc1. The van der Waals surface area contributed by atoms with Gasteiger partial charge in [-0.3, -0.25) is 13.9 Å². The molecule has 0 spiro atoms. The van der Waals surface area contributed by atoms with Crippen LogP contribution in [0.5, 0.6) is 0 Å². The Balaban J connectivity index is 2.15. The van der Waals surface area contributed by atoms with Crippen molar-refractivity contribution in [1.82, 2.24) is 10.2 Å². The zero-order valence-corrected chi connectivity index (χ0v) is 25.7. The van der Waals surface area contributed by atoms with Gasteiger partial charge in [0.15, 0.2) is 0 Å². The van der Waals surface area contributed by atoms with E-state index in [4.69, 9.17) is 34.8 Å². The molecule has 0 aliphatic carbocycles. The first-order valence-electron chi connectivity index (χ1n) is 12.5. The van der Waals surface area contributed by atoms with Crippen molar-refractivity contribution in [2.75, 3.05) is 10.8 Å². The van der Waals surface area contributed by atoms with E-state index in [1.54, 1.807) is 26.0 Å². The van der Waals surface area contributed by atoms with E-state index >= 15 is 0 Å². The molecule has 0 saturated heterocycles. The summed E-state index contributed by atoms with van der Waals surface area (Å²) in [6.07, 6.45) is -4.91. The molecule has 0 aliphatic heterocycles. The third kappa shape index (κ3) is 7.89. The van der Waals surface area contributed by atoms with E-state index in [2.05, 4.69) is 5.32 Å². The number of carbonyl (C=O) groups is 2. The van der Waals surface area contributed by atoms with Crippen molar-refractivity contribution in [1.29, 1.82) is 0 Å². The summed E-state index contributed by atoms with van der Waals surface area (Å²) >= 11 is 18.4. The van der Waals surface area contributed by atoms with E-state index in [0.717, 1.165) is 17.0 Å². The molecule has 0 heterocycles. The number of halogens is 6. The maximum absolute atomic E-state index is 13.9. The van der Waals surface area contributed by atoms with Gasteiger partial charge in [-0.1, -0.05) is 59.1 Å². The van der Waals surface area contributed by atoms with Crippen LogP contribution in [0.3, 0.4) is 0 Å². The largest absolute Gasteiger partial charge is 0.417 e. The normalized spacial score (nSPS) is 12.6. The highest BCUT2D eigenvalue weighted by Crippen LogP contribution is 2.38. The maximum Gasteiger partial charge on any atom is 0.417 e. The van der Waals surface area contributed by atoms with Crippen molar-refractivity contribution in [2.45, 2.75) is 50.5 Å². The molecule has 0 fully saturated rings. The minimum absolute atomic E-state index is 0.193. The van der Waals surface area contributed by atoms with Gasteiger partial charge in [-0.2, -0.15) is 13.2 Å². The monoisotopic (exact) mass is 663 g/mol. The average Bonchev–Trinajstić information content (AvgIpc) is 2.91. The number of benzene rings is 3. The molecule has 1 N–H and O–H groups in total. The molecule has 14 heteroatoms.